The number of fused-ring (bicyclic) bond motifs is 1. The Morgan fingerprint density at radius 1 is 1.12 bits per heavy atom. The molecule has 0 nitrogen and oxygen atoms in total. The maximum absolute atomic E-state index is 12.6. The Labute approximate surface area is 141 Å². The Morgan fingerprint density at radius 2 is 1.76 bits per heavy atom. The first-order chi connectivity index (χ1) is 7.39. The van der Waals surface area contributed by atoms with Crippen LogP contribution in [0.4, 0.5) is 21.7 Å². The van der Waals surface area contributed by atoms with Gasteiger partial charge >= 0.3 is 58.4 Å². The molecule has 8 heteroatoms. The van der Waals surface area contributed by atoms with E-state index in [9.17, 15) is 21.7 Å². The zero-order chi connectivity index (χ0) is 11.9. The largest absolute Gasteiger partial charge is 1.00 e. The van der Waals surface area contributed by atoms with Gasteiger partial charge in [-0.05, 0) is 11.5 Å². The minimum atomic E-state index is -5.16. The van der Waals surface area contributed by atoms with E-state index >= 15 is 0 Å². The molecule has 2 rings (SSSR count). The average molecular weight is 290 g/mol. The molecule has 0 unspecified atom stereocenters. The molecule has 17 heavy (non-hydrogen) atoms. The number of rotatable bonds is 2. The molecule has 0 aliphatic carbocycles. The van der Waals surface area contributed by atoms with Gasteiger partial charge < -0.3 is 12.9 Å². The topological polar surface area (TPSA) is 0 Å². The molecule has 0 radical (unpaired) electrons. The van der Waals surface area contributed by atoms with Crippen molar-refractivity contribution in [2.75, 3.05) is 0 Å². The van der Waals surface area contributed by atoms with Crippen LogP contribution < -0.4 is 56.8 Å². The van der Waals surface area contributed by atoms with Crippen molar-refractivity contribution in [2.45, 2.75) is 6.43 Å². The van der Waals surface area contributed by atoms with Gasteiger partial charge in [-0.1, -0.05) is 23.7 Å². The van der Waals surface area contributed by atoms with Crippen molar-refractivity contribution >= 4 is 33.9 Å². The number of thiophene rings is 1. The van der Waals surface area contributed by atoms with Gasteiger partial charge in [0.05, 0.1) is 4.88 Å². The minimum Gasteiger partial charge on any atom is -0.445 e. The smallest absolute Gasteiger partial charge is 0.445 e. The van der Waals surface area contributed by atoms with Gasteiger partial charge in [0.15, 0.2) is 0 Å². The molecule has 0 amide bonds. The molecule has 0 aliphatic heterocycles. The molecule has 1 aromatic heterocycles. The third-order valence-electron chi connectivity index (χ3n) is 2.16. The first-order valence-corrected chi connectivity index (χ1v) is 5.21. The van der Waals surface area contributed by atoms with Crippen molar-refractivity contribution in [3.63, 3.8) is 0 Å². The van der Waals surface area contributed by atoms with Gasteiger partial charge in [-0.3, -0.25) is 0 Å². The van der Waals surface area contributed by atoms with Crippen LogP contribution in [-0.2, 0) is 0 Å². The number of hydrogen-bond acceptors (Lipinski definition) is 1. The zero-order valence-corrected chi connectivity index (χ0v) is 12.7. The second kappa shape index (κ2) is 5.67. The number of hydrogen-bond donors (Lipinski definition) is 0. The molecule has 86 valence electrons. The number of halogens is 5. The maximum atomic E-state index is 12.6. The van der Waals surface area contributed by atoms with E-state index in [0.717, 1.165) is 12.1 Å². The molecule has 1 heterocycles. The van der Waals surface area contributed by atoms with E-state index in [0.29, 0.717) is 11.3 Å². The van der Waals surface area contributed by atoms with Crippen LogP contribution in [0, 0.1) is 0 Å². The van der Waals surface area contributed by atoms with Gasteiger partial charge in [-0.15, -0.1) is 11.3 Å². The summed E-state index contributed by atoms with van der Waals surface area (Å²) in [6.07, 6.45) is -2.73. The Bertz CT molecular complexity index is 522. The van der Waals surface area contributed by atoms with Crippen LogP contribution in [0.5, 0.6) is 0 Å². The SMILES string of the molecule is FC(F)c1cc2cccc([B-](F)(F)F)c2s1.[K+]. The van der Waals surface area contributed by atoms with Gasteiger partial charge in [0, 0.05) is 4.70 Å². The molecule has 0 fully saturated rings. The molecule has 0 N–H and O–H groups in total. The minimum absolute atomic E-state index is 0. The van der Waals surface area contributed by atoms with Gasteiger partial charge in [0.2, 0.25) is 0 Å². The van der Waals surface area contributed by atoms with E-state index in [1.165, 1.54) is 12.1 Å². The Hall–Kier alpha value is 0.531. The predicted molar refractivity (Wildman–Crippen MR) is 55.5 cm³/mol. The second-order valence-electron chi connectivity index (χ2n) is 3.29. The number of benzene rings is 1. The van der Waals surface area contributed by atoms with Crippen LogP contribution in [-0.4, -0.2) is 6.98 Å². The van der Waals surface area contributed by atoms with Crippen LogP contribution in [0.2, 0.25) is 0 Å². The summed E-state index contributed by atoms with van der Waals surface area (Å²) in [4.78, 5) is -0.331. The fourth-order valence-electron chi connectivity index (χ4n) is 1.47. The Morgan fingerprint density at radius 3 is 2.29 bits per heavy atom. The van der Waals surface area contributed by atoms with Crippen LogP contribution in [0.3, 0.4) is 0 Å². The van der Waals surface area contributed by atoms with Crippen molar-refractivity contribution in [3.8, 4) is 0 Å². The quantitative estimate of drug-likeness (QED) is 0.569. The molecular weight excluding hydrogens is 285 g/mol. The zero-order valence-electron chi connectivity index (χ0n) is 8.76. The maximum Gasteiger partial charge on any atom is 1.00 e. The van der Waals surface area contributed by atoms with Gasteiger partial charge in [-0.2, -0.15) is 0 Å². The summed E-state index contributed by atoms with van der Waals surface area (Å²) < 4.78 is 62.5. The van der Waals surface area contributed by atoms with Gasteiger partial charge in [0.25, 0.3) is 6.43 Å². The van der Waals surface area contributed by atoms with Gasteiger partial charge in [0.1, 0.15) is 0 Å². The third-order valence-corrected chi connectivity index (χ3v) is 3.37. The second-order valence-corrected chi connectivity index (χ2v) is 4.37. The Kier molecular flexibility index (Phi) is 5.19. The summed E-state index contributed by atoms with van der Waals surface area (Å²) in [6.45, 7) is -5.16. The molecule has 0 atom stereocenters. The normalized spacial score (nSPS) is 11.9. The van der Waals surface area contributed by atoms with Crippen molar-refractivity contribution < 1.29 is 73.1 Å². The van der Waals surface area contributed by atoms with E-state index in [1.54, 1.807) is 0 Å². The van der Waals surface area contributed by atoms with Crippen LogP contribution in [0.15, 0.2) is 24.3 Å². The molecular formula is C9H5BF5KS. The van der Waals surface area contributed by atoms with Crippen molar-refractivity contribution in [3.05, 3.63) is 29.1 Å². The van der Waals surface area contributed by atoms with E-state index in [2.05, 4.69) is 0 Å². The summed E-state index contributed by atoms with van der Waals surface area (Å²) in [5.41, 5.74) is -0.797. The molecule has 0 spiro atoms. The van der Waals surface area contributed by atoms with E-state index < -0.39 is 18.9 Å². The summed E-state index contributed by atoms with van der Waals surface area (Å²) in [7, 11) is 0. The third kappa shape index (κ3) is 3.30. The first kappa shape index (κ1) is 15.6. The van der Waals surface area contributed by atoms with Gasteiger partial charge in [-0.25, -0.2) is 8.78 Å². The molecule has 0 saturated carbocycles. The van der Waals surface area contributed by atoms with E-state index in [1.807, 2.05) is 0 Å². The monoisotopic (exact) mass is 290 g/mol. The first-order valence-electron chi connectivity index (χ1n) is 4.40. The van der Waals surface area contributed by atoms with Crippen LogP contribution in [0.1, 0.15) is 11.3 Å². The number of alkyl halides is 2. The standard InChI is InChI=1S/C9H5BF5S.K/c11-9(12)7-4-5-2-1-3-6(8(5)16-7)10(13,14)15;/h1-4,9H;/q-1;+1. The summed E-state index contributed by atoms with van der Waals surface area (Å²) in [5, 5.41) is 0.219. The molecule has 0 aliphatic rings. The van der Waals surface area contributed by atoms with E-state index in [-0.39, 0.29) is 66.3 Å². The fourth-order valence-corrected chi connectivity index (χ4v) is 2.55. The van der Waals surface area contributed by atoms with Crippen LogP contribution >= 0.6 is 11.3 Å². The van der Waals surface area contributed by atoms with Crippen LogP contribution in [0.25, 0.3) is 10.1 Å². The van der Waals surface area contributed by atoms with Crippen molar-refractivity contribution in [1.29, 1.82) is 0 Å². The molecule has 2 aromatic rings. The molecule has 1 aromatic carbocycles. The predicted octanol–water partition coefficient (Wildman–Crippen LogP) is 0.897. The van der Waals surface area contributed by atoms with Crippen molar-refractivity contribution in [1.82, 2.24) is 0 Å². The van der Waals surface area contributed by atoms with Crippen molar-refractivity contribution in [2.24, 2.45) is 0 Å². The molecule has 0 saturated heterocycles. The summed E-state index contributed by atoms with van der Waals surface area (Å²) in [5.74, 6) is 0. The molecule has 0 bridgehead atoms. The van der Waals surface area contributed by atoms with E-state index in [4.69, 9.17) is 0 Å². The summed E-state index contributed by atoms with van der Waals surface area (Å²) in [6, 6.07) is 4.67. The Balaban J connectivity index is 0.00000144. The summed E-state index contributed by atoms with van der Waals surface area (Å²) >= 11 is 0.504. The fraction of sp³-hybridized carbons (Fsp3) is 0.111. The average Bonchev–Trinajstić information content (AvgIpc) is 2.58.